The molecule has 1 fully saturated rings. The SMILES string of the molecule is N#Cc1cc(NCCC2CCCCO2)ccn1. The fourth-order valence-corrected chi connectivity index (χ4v) is 2.01. The minimum absolute atomic E-state index is 0.397. The molecule has 0 bridgehead atoms. The van der Waals surface area contributed by atoms with Gasteiger partial charge in [0.05, 0.1) is 6.10 Å². The molecule has 0 amide bonds. The van der Waals surface area contributed by atoms with E-state index >= 15 is 0 Å². The van der Waals surface area contributed by atoms with Crippen LogP contribution in [-0.2, 0) is 4.74 Å². The number of nitrogens with one attached hydrogen (secondary N) is 1. The molecule has 0 aromatic carbocycles. The van der Waals surface area contributed by atoms with Crippen LogP contribution in [0.5, 0.6) is 0 Å². The summed E-state index contributed by atoms with van der Waals surface area (Å²) < 4.78 is 5.66. The largest absolute Gasteiger partial charge is 0.385 e. The van der Waals surface area contributed by atoms with Gasteiger partial charge in [-0.2, -0.15) is 5.26 Å². The summed E-state index contributed by atoms with van der Waals surface area (Å²) in [7, 11) is 0. The van der Waals surface area contributed by atoms with E-state index in [1.165, 1.54) is 19.3 Å². The Bertz CT molecular complexity index is 394. The molecule has 1 unspecified atom stereocenters. The van der Waals surface area contributed by atoms with Gasteiger partial charge in [-0.05, 0) is 37.8 Å². The third-order valence-electron chi connectivity index (χ3n) is 2.94. The second-order valence-electron chi connectivity index (χ2n) is 4.25. The van der Waals surface area contributed by atoms with Crippen molar-refractivity contribution in [3.8, 4) is 6.07 Å². The van der Waals surface area contributed by atoms with Gasteiger partial charge in [0.1, 0.15) is 11.8 Å². The highest BCUT2D eigenvalue weighted by Crippen LogP contribution is 2.16. The Labute approximate surface area is 102 Å². The van der Waals surface area contributed by atoms with E-state index in [0.29, 0.717) is 11.8 Å². The van der Waals surface area contributed by atoms with E-state index in [4.69, 9.17) is 10.00 Å². The van der Waals surface area contributed by atoms with E-state index in [-0.39, 0.29) is 0 Å². The topological polar surface area (TPSA) is 57.9 Å². The fraction of sp³-hybridized carbons (Fsp3) is 0.538. The molecular formula is C13H17N3O. The summed E-state index contributed by atoms with van der Waals surface area (Å²) in [4.78, 5) is 3.93. The molecule has 4 heteroatoms. The van der Waals surface area contributed by atoms with Gasteiger partial charge >= 0.3 is 0 Å². The fourth-order valence-electron chi connectivity index (χ4n) is 2.01. The Morgan fingerprint density at radius 1 is 1.53 bits per heavy atom. The van der Waals surface area contributed by atoms with Gasteiger partial charge in [0.25, 0.3) is 0 Å². The third-order valence-corrected chi connectivity index (χ3v) is 2.94. The van der Waals surface area contributed by atoms with Crippen LogP contribution < -0.4 is 5.32 Å². The van der Waals surface area contributed by atoms with Gasteiger partial charge in [-0.15, -0.1) is 0 Å². The molecule has 0 radical (unpaired) electrons. The first-order valence-electron chi connectivity index (χ1n) is 6.10. The van der Waals surface area contributed by atoms with Crippen molar-refractivity contribution in [2.24, 2.45) is 0 Å². The van der Waals surface area contributed by atoms with Gasteiger partial charge in [0, 0.05) is 25.0 Å². The molecule has 2 heterocycles. The van der Waals surface area contributed by atoms with Crippen LogP contribution in [0.25, 0.3) is 0 Å². The van der Waals surface area contributed by atoms with E-state index in [1.54, 1.807) is 12.3 Å². The Kier molecular flexibility index (Phi) is 4.34. The Morgan fingerprint density at radius 3 is 3.24 bits per heavy atom. The highest BCUT2D eigenvalue weighted by atomic mass is 16.5. The predicted molar refractivity (Wildman–Crippen MR) is 65.6 cm³/mol. The second-order valence-corrected chi connectivity index (χ2v) is 4.25. The zero-order valence-electron chi connectivity index (χ0n) is 9.85. The summed E-state index contributed by atoms with van der Waals surface area (Å²) in [6.07, 6.45) is 6.70. The van der Waals surface area contributed by atoms with Crippen LogP contribution >= 0.6 is 0 Å². The number of pyridine rings is 1. The number of nitrogens with zero attached hydrogens (tertiary/aromatic N) is 2. The van der Waals surface area contributed by atoms with Crippen LogP contribution in [0.1, 0.15) is 31.4 Å². The zero-order valence-corrected chi connectivity index (χ0v) is 9.85. The van der Waals surface area contributed by atoms with Crippen molar-refractivity contribution in [2.45, 2.75) is 31.8 Å². The molecule has 1 aromatic heterocycles. The molecule has 2 rings (SSSR count). The molecule has 0 aliphatic carbocycles. The summed E-state index contributed by atoms with van der Waals surface area (Å²) in [6, 6.07) is 5.67. The van der Waals surface area contributed by atoms with Crippen LogP contribution in [0.4, 0.5) is 5.69 Å². The first-order chi connectivity index (χ1) is 8.38. The summed E-state index contributed by atoms with van der Waals surface area (Å²) in [5.41, 5.74) is 1.40. The third kappa shape index (κ3) is 3.72. The number of hydrogen-bond acceptors (Lipinski definition) is 4. The molecule has 1 saturated heterocycles. The minimum atomic E-state index is 0.397. The minimum Gasteiger partial charge on any atom is -0.385 e. The maximum absolute atomic E-state index is 8.73. The molecule has 1 N–H and O–H groups in total. The first-order valence-corrected chi connectivity index (χ1v) is 6.10. The second kappa shape index (κ2) is 6.21. The molecule has 1 aromatic rings. The lowest BCUT2D eigenvalue weighted by molar-refractivity contribution is 0.0134. The van der Waals surface area contributed by atoms with E-state index in [1.807, 2.05) is 12.1 Å². The van der Waals surface area contributed by atoms with Crippen LogP contribution in [0.15, 0.2) is 18.3 Å². The summed E-state index contributed by atoms with van der Waals surface area (Å²) in [5.74, 6) is 0. The van der Waals surface area contributed by atoms with Crippen LogP contribution in [0.3, 0.4) is 0 Å². The van der Waals surface area contributed by atoms with Crippen molar-refractivity contribution in [3.63, 3.8) is 0 Å². The van der Waals surface area contributed by atoms with Crippen molar-refractivity contribution in [3.05, 3.63) is 24.0 Å². The maximum Gasteiger partial charge on any atom is 0.142 e. The van der Waals surface area contributed by atoms with E-state index in [2.05, 4.69) is 10.3 Å². The summed E-state index contributed by atoms with van der Waals surface area (Å²) in [6.45, 7) is 1.78. The smallest absolute Gasteiger partial charge is 0.142 e. The average Bonchev–Trinajstić information content (AvgIpc) is 2.40. The lowest BCUT2D eigenvalue weighted by atomic mass is 10.1. The molecule has 90 valence electrons. The molecule has 17 heavy (non-hydrogen) atoms. The zero-order chi connectivity index (χ0) is 11.9. The van der Waals surface area contributed by atoms with E-state index in [9.17, 15) is 0 Å². The quantitative estimate of drug-likeness (QED) is 0.864. The van der Waals surface area contributed by atoms with Crippen molar-refractivity contribution in [1.29, 1.82) is 5.26 Å². The molecule has 0 spiro atoms. The van der Waals surface area contributed by atoms with Crippen molar-refractivity contribution >= 4 is 5.69 Å². The lowest BCUT2D eigenvalue weighted by Gasteiger charge is -2.22. The van der Waals surface area contributed by atoms with Crippen molar-refractivity contribution < 1.29 is 4.74 Å². The molecule has 1 aliphatic heterocycles. The maximum atomic E-state index is 8.73. The Hall–Kier alpha value is -1.60. The van der Waals surface area contributed by atoms with Gasteiger partial charge in [0.15, 0.2) is 0 Å². The molecule has 4 nitrogen and oxygen atoms in total. The molecule has 0 saturated carbocycles. The van der Waals surface area contributed by atoms with E-state index < -0.39 is 0 Å². The monoisotopic (exact) mass is 231 g/mol. The van der Waals surface area contributed by atoms with Crippen LogP contribution in [-0.4, -0.2) is 24.2 Å². The Morgan fingerprint density at radius 2 is 2.47 bits per heavy atom. The summed E-state index contributed by atoms with van der Waals surface area (Å²) >= 11 is 0. The molecule has 1 atom stereocenters. The van der Waals surface area contributed by atoms with Gasteiger partial charge < -0.3 is 10.1 Å². The molecular weight excluding hydrogens is 214 g/mol. The normalized spacial score (nSPS) is 19.6. The summed E-state index contributed by atoms with van der Waals surface area (Å²) in [5, 5.41) is 12.0. The number of nitriles is 1. The molecule has 1 aliphatic rings. The van der Waals surface area contributed by atoms with Gasteiger partial charge in [-0.3, -0.25) is 0 Å². The van der Waals surface area contributed by atoms with E-state index in [0.717, 1.165) is 25.3 Å². The van der Waals surface area contributed by atoms with Crippen molar-refractivity contribution in [2.75, 3.05) is 18.5 Å². The number of rotatable bonds is 4. The number of anilines is 1. The number of aromatic nitrogens is 1. The van der Waals surface area contributed by atoms with Gasteiger partial charge in [0.2, 0.25) is 0 Å². The van der Waals surface area contributed by atoms with Crippen molar-refractivity contribution in [1.82, 2.24) is 4.98 Å². The Balaban J connectivity index is 1.75. The number of hydrogen-bond donors (Lipinski definition) is 1. The van der Waals surface area contributed by atoms with Gasteiger partial charge in [-0.25, -0.2) is 4.98 Å². The number of ether oxygens (including phenoxy) is 1. The standard InChI is InChI=1S/C13H17N3O/c14-10-12-9-11(4-6-16-12)15-7-5-13-3-1-2-8-17-13/h4,6,9,13H,1-3,5,7-8H2,(H,15,16). The average molecular weight is 231 g/mol. The van der Waals surface area contributed by atoms with Crippen LogP contribution in [0, 0.1) is 11.3 Å². The predicted octanol–water partition coefficient (Wildman–Crippen LogP) is 2.32. The lowest BCUT2D eigenvalue weighted by Crippen LogP contribution is -2.21. The highest BCUT2D eigenvalue weighted by molar-refractivity contribution is 5.45. The van der Waals surface area contributed by atoms with Crippen LogP contribution in [0.2, 0.25) is 0 Å². The van der Waals surface area contributed by atoms with Gasteiger partial charge in [-0.1, -0.05) is 0 Å². The highest BCUT2D eigenvalue weighted by Gasteiger charge is 2.12. The first kappa shape index (κ1) is 11.9.